The number of rotatable bonds is 4. The molecule has 3 heteroatoms. The van der Waals surface area contributed by atoms with Gasteiger partial charge in [0.1, 0.15) is 6.79 Å². The quantitative estimate of drug-likeness (QED) is 0.502. The molecule has 1 unspecified atom stereocenters. The zero-order valence-corrected chi connectivity index (χ0v) is 5.00. The topological polar surface area (TPSA) is 49.7 Å². The van der Waals surface area contributed by atoms with E-state index in [-0.39, 0.29) is 19.5 Å². The summed E-state index contributed by atoms with van der Waals surface area (Å²) in [5, 5.41) is 16.6. The lowest BCUT2D eigenvalue weighted by Crippen LogP contribution is -2.16. The lowest BCUT2D eigenvalue weighted by Gasteiger charge is -2.08. The van der Waals surface area contributed by atoms with Crippen LogP contribution in [0.4, 0.5) is 0 Å². The summed E-state index contributed by atoms with van der Waals surface area (Å²) in [5.74, 6) is 0. The molecule has 0 aromatic rings. The highest BCUT2D eigenvalue weighted by molar-refractivity contribution is 4.48. The van der Waals surface area contributed by atoms with Gasteiger partial charge in [0.2, 0.25) is 0 Å². The third kappa shape index (κ3) is 2.96. The molecule has 0 saturated carbocycles. The molecule has 0 heterocycles. The maximum absolute atomic E-state index is 8.42. The highest BCUT2D eigenvalue weighted by Crippen LogP contribution is 1.93. The van der Waals surface area contributed by atoms with Crippen LogP contribution in [0.15, 0.2) is 0 Å². The first-order valence-electron chi connectivity index (χ1n) is 2.68. The molecule has 0 saturated heterocycles. The van der Waals surface area contributed by atoms with Crippen molar-refractivity contribution in [1.29, 1.82) is 0 Å². The molecule has 0 bridgehead atoms. The molecule has 0 aliphatic carbocycles. The van der Waals surface area contributed by atoms with Crippen molar-refractivity contribution >= 4 is 0 Å². The van der Waals surface area contributed by atoms with Crippen LogP contribution >= 0.6 is 0 Å². The molecule has 0 amide bonds. The average Bonchev–Trinajstić information content (AvgIpc) is 1.83. The maximum Gasteiger partial charge on any atom is 0.144 e. The first-order chi connectivity index (χ1) is 3.85. The van der Waals surface area contributed by atoms with Crippen LogP contribution in [0.2, 0.25) is 0 Å². The van der Waals surface area contributed by atoms with Gasteiger partial charge < -0.3 is 14.9 Å². The van der Waals surface area contributed by atoms with Crippen molar-refractivity contribution in [3.63, 3.8) is 0 Å². The van der Waals surface area contributed by atoms with Gasteiger partial charge in [0.05, 0.1) is 12.7 Å². The van der Waals surface area contributed by atoms with Crippen molar-refractivity contribution in [2.24, 2.45) is 0 Å². The van der Waals surface area contributed by atoms with Crippen LogP contribution in [-0.4, -0.2) is 29.7 Å². The van der Waals surface area contributed by atoms with E-state index in [0.717, 1.165) is 6.42 Å². The van der Waals surface area contributed by atoms with Gasteiger partial charge in [-0.05, 0) is 6.42 Å². The SMILES string of the molecule is CCC(CO)OCO. The van der Waals surface area contributed by atoms with E-state index in [1.807, 2.05) is 6.92 Å². The Balaban J connectivity index is 3.07. The van der Waals surface area contributed by atoms with E-state index in [1.54, 1.807) is 0 Å². The van der Waals surface area contributed by atoms with Gasteiger partial charge in [-0.15, -0.1) is 0 Å². The molecular formula is C5H12O3. The lowest BCUT2D eigenvalue weighted by molar-refractivity contribution is -0.0696. The van der Waals surface area contributed by atoms with E-state index in [4.69, 9.17) is 10.2 Å². The second-order valence-corrected chi connectivity index (χ2v) is 1.51. The maximum atomic E-state index is 8.42. The molecular weight excluding hydrogens is 108 g/mol. The molecule has 0 radical (unpaired) electrons. The fourth-order valence-electron chi connectivity index (χ4n) is 0.405. The predicted octanol–water partition coefficient (Wildman–Crippen LogP) is -0.276. The Morgan fingerprint density at radius 2 is 2.12 bits per heavy atom. The highest BCUT2D eigenvalue weighted by atomic mass is 16.6. The highest BCUT2D eigenvalue weighted by Gasteiger charge is 2.00. The molecule has 0 fully saturated rings. The van der Waals surface area contributed by atoms with Crippen LogP contribution in [0.3, 0.4) is 0 Å². The monoisotopic (exact) mass is 120 g/mol. The minimum absolute atomic E-state index is 0.0168. The van der Waals surface area contributed by atoms with Gasteiger partial charge in [-0.2, -0.15) is 0 Å². The van der Waals surface area contributed by atoms with Crippen molar-refractivity contribution in [2.45, 2.75) is 19.4 Å². The van der Waals surface area contributed by atoms with Gasteiger partial charge in [0.15, 0.2) is 0 Å². The minimum Gasteiger partial charge on any atom is -0.394 e. The zero-order chi connectivity index (χ0) is 6.41. The van der Waals surface area contributed by atoms with Crippen molar-refractivity contribution < 1.29 is 14.9 Å². The minimum atomic E-state index is -0.306. The Bertz CT molecular complexity index is 42.9. The fraction of sp³-hybridized carbons (Fsp3) is 1.00. The number of aliphatic hydroxyl groups excluding tert-OH is 2. The molecule has 50 valence electrons. The molecule has 3 nitrogen and oxygen atoms in total. The summed E-state index contributed by atoms with van der Waals surface area (Å²) >= 11 is 0. The van der Waals surface area contributed by atoms with Crippen LogP contribution in [0.25, 0.3) is 0 Å². The summed E-state index contributed by atoms with van der Waals surface area (Å²) in [5.41, 5.74) is 0. The second-order valence-electron chi connectivity index (χ2n) is 1.51. The normalized spacial score (nSPS) is 13.9. The second kappa shape index (κ2) is 5.03. The Morgan fingerprint density at radius 3 is 2.25 bits per heavy atom. The largest absolute Gasteiger partial charge is 0.394 e. The van der Waals surface area contributed by atoms with Crippen molar-refractivity contribution in [3.05, 3.63) is 0 Å². The van der Waals surface area contributed by atoms with Gasteiger partial charge >= 0.3 is 0 Å². The summed E-state index contributed by atoms with van der Waals surface area (Å²) in [7, 11) is 0. The van der Waals surface area contributed by atoms with Gasteiger partial charge in [-0.3, -0.25) is 0 Å². The van der Waals surface area contributed by atoms with Crippen LogP contribution in [0, 0.1) is 0 Å². The molecule has 0 aromatic heterocycles. The number of ether oxygens (including phenoxy) is 1. The summed E-state index contributed by atoms with van der Waals surface area (Å²) in [4.78, 5) is 0. The summed E-state index contributed by atoms with van der Waals surface area (Å²) in [6, 6.07) is 0. The first-order valence-corrected chi connectivity index (χ1v) is 2.68. The van der Waals surface area contributed by atoms with Crippen LogP contribution in [0.1, 0.15) is 13.3 Å². The molecule has 2 N–H and O–H groups in total. The molecule has 0 aliphatic rings. The molecule has 1 atom stereocenters. The van der Waals surface area contributed by atoms with E-state index in [2.05, 4.69) is 4.74 Å². The Morgan fingerprint density at radius 1 is 1.50 bits per heavy atom. The van der Waals surface area contributed by atoms with E-state index in [9.17, 15) is 0 Å². The summed E-state index contributed by atoms with van der Waals surface area (Å²) in [6.07, 6.45) is 0.539. The molecule has 0 aliphatic heterocycles. The van der Waals surface area contributed by atoms with Crippen LogP contribution in [0.5, 0.6) is 0 Å². The molecule has 8 heavy (non-hydrogen) atoms. The molecule has 0 aromatic carbocycles. The smallest absolute Gasteiger partial charge is 0.144 e. The number of hydrogen-bond donors (Lipinski definition) is 2. The van der Waals surface area contributed by atoms with E-state index in [1.165, 1.54) is 0 Å². The van der Waals surface area contributed by atoms with Crippen LogP contribution < -0.4 is 0 Å². The Kier molecular flexibility index (Phi) is 4.95. The Hall–Kier alpha value is -0.120. The third-order valence-electron chi connectivity index (χ3n) is 0.969. The standard InChI is InChI=1S/C5H12O3/c1-2-5(3-6)8-4-7/h5-7H,2-4H2,1H3. The van der Waals surface area contributed by atoms with Gasteiger partial charge in [-0.25, -0.2) is 0 Å². The first kappa shape index (κ1) is 7.88. The van der Waals surface area contributed by atoms with E-state index in [0.29, 0.717) is 0 Å². The molecule has 0 spiro atoms. The fourth-order valence-corrected chi connectivity index (χ4v) is 0.405. The van der Waals surface area contributed by atoms with Crippen molar-refractivity contribution in [2.75, 3.05) is 13.4 Å². The third-order valence-corrected chi connectivity index (χ3v) is 0.969. The summed E-state index contributed by atoms with van der Waals surface area (Å²) in [6.45, 7) is 1.56. The lowest BCUT2D eigenvalue weighted by atomic mass is 10.3. The van der Waals surface area contributed by atoms with Gasteiger partial charge in [-0.1, -0.05) is 6.92 Å². The van der Waals surface area contributed by atoms with Gasteiger partial charge in [0.25, 0.3) is 0 Å². The van der Waals surface area contributed by atoms with E-state index >= 15 is 0 Å². The van der Waals surface area contributed by atoms with Crippen molar-refractivity contribution in [3.8, 4) is 0 Å². The summed E-state index contributed by atoms with van der Waals surface area (Å²) < 4.78 is 4.65. The average molecular weight is 120 g/mol. The van der Waals surface area contributed by atoms with Gasteiger partial charge in [0, 0.05) is 0 Å². The zero-order valence-electron chi connectivity index (χ0n) is 5.00. The number of aliphatic hydroxyl groups is 2. The van der Waals surface area contributed by atoms with E-state index < -0.39 is 0 Å². The molecule has 0 rings (SSSR count). The Labute approximate surface area is 48.9 Å². The van der Waals surface area contributed by atoms with Crippen LogP contribution in [-0.2, 0) is 4.74 Å². The number of hydrogen-bond acceptors (Lipinski definition) is 3. The van der Waals surface area contributed by atoms with Crippen molar-refractivity contribution in [1.82, 2.24) is 0 Å². The predicted molar refractivity (Wildman–Crippen MR) is 29.3 cm³/mol.